The van der Waals surface area contributed by atoms with Gasteiger partial charge in [0.25, 0.3) is 0 Å². The van der Waals surface area contributed by atoms with Crippen molar-refractivity contribution in [3.05, 3.63) is 59.2 Å². The summed E-state index contributed by atoms with van der Waals surface area (Å²) >= 11 is 0. The topological polar surface area (TPSA) is 44.5 Å². The van der Waals surface area contributed by atoms with Gasteiger partial charge in [-0.25, -0.2) is 0 Å². The zero-order chi connectivity index (χ0) is 14.4. The van der Waals surface area contributed by atoms with Gasteiger partial charge in [0.15, 0.2) is 0 Å². The van der Waals surface area contributed by atoms with Gasteiger partial charge in [-0.2, -0.15) is 0 Å². The van der Waals surface area contributed by atoms with Gasteiger partial charge >= 0.3 is 0 Å². The van der Waals surface area contributed by atoms with Crippen molar-refractivity contribution in [2.75, 3.05) is 7.11 Å². The lowest BCUT2D eigenvalue weighted by atomic mass is 10.1. The molecule has 0 aliphatic carbocycles. The number of nitrogens with two attached hydrogens (primary N) is 1. The lowest BCUT2D eigenvalue weighted by molar-refractivity contribution is 0.302. The number of hydrogen-bond donors (Lipinski definition) is 1. The van der Waals surface area contributed by atoms with Crippen LogP contribution in [0, 0.1) is 0 Å². The molecule has 3 heteroatoms. The van der Waals surface area contributed by atoms with E-state index in [0.717, 1.165) is 29.0 Å². The van der Waals surface area contributed by atoms with Crippen molar-refractivity contribution in [3.8, 4) is 11.5 Å². The van der Waals surface area contributed by atoms with Gasteiger partial charge in [-0.05, 0) is 35.7 Å². The first-order chi connectivity index (χ1) is 9.78. The molecule has 0 aliphatic heterocycles. The predicted molar refractivity (Wildman–Crippen MR) is 81.0 cm³/mol. The molecule has 0 amide bonds. The van der Waals surface area contributed by atoms with Crippen LogP contribution in [0.2, 0.25) is 0 Å². The largest absolute Gasteiger partial charge is 0.496 e. The number of methoxy groups -OCH3 is 1. The molecular weight excluding hydrogens is 250 g/mol. The predicted octanol–water partition coefficient (Wildman–Crippen LogP) is 3.30. The summed E-state index contributed by atoms with van der Waals surface area (Å²) in [6.45, 7) is 3.12. The third-order valence-corrected chi connectivity index (χ3v) is 3.31. The Morgan fingerprint density at radius 3 is 2.50 bits per heavy atom. The Bertz CT molecular complexity index is 567. The molecule has 0 saturated carbocycles. The van der Waals surface area contributed by atoms with Crippen LogP contribution in [0.25, 0.3) is 0 Å². The maximum atomic E-state index is 5.91. The van der Waals surface area contributed by atoms with E-state index in [1.54, 1.807) is 7.11 Å². The molecule has 0 atom stereocenters. The summed E-state index contributed by atoms with van der Waals surface area (Å²) in [5.41, 5.74) is 9.04. The van der Waals surface area contributed by atoms with Crippen LogP contribution in [-0.2, 0) is 19.6 Å². The smallest absolute Gasteiger partial charge is 0.123 e. The minimum Gasteiger partial charge on any atom is -0.496 e. The van der Waals surface area contributed by atoms with Crippen LogP contribution in [0.4, 0.5) is 0 Å². The van der Waals surface area contributed by atoms with E-state index in [1.165, 1.54) is 5.56 Å². The molecule has 0 saturated heterocycles. The van der Waals surface area contributed by atoms with E-state index in [0.29, 0.717) is 13.2 Å². The van der Waals surface area contributed by atoms with Gasteiger partial charge in [-0.15, -0.1) is 0 Å². The second-order valence-corrected chi connectivity index (χ2v) is 4.60. The van der Waals surface area contributed by atoms with Gasteiger partial charge in [-0.3, -0.25) is 0 Å². The van der Waals surface area contributed by atoms with Crippen molar-refractivity contribution in [2.24, 2.45) is 5.73 Å². The first-order valence-corrected chi connectivity index (χ1v) is 6.85. The second kappa shape index (κ2) is 6.96. The summed E-state index contributed by atoms with van der Waals surface area (Å²) in [5, 5.41) is 0. The fraction of sp³-hybridized carbons (Fsp3) is 0.294. The summed E-state index contributed by atoms with van der Waals surface area (Å²) in [6.07, 6.45) is 0.965. The van der Waals surface area contributed by atoms with Crippen LogP contribution in [-0.4, -0.2) is 7.11 Å². The quantitative estimate of drug-likeness (QED) is 0.876. The van der Waals surface area contributed by atoms with Crippen LogP contribution in [0.5, 0.6) is 11.5 Å². The Hall–Kier alpha value is -2.00. The first kappa shape index (κ1) is 14.4. The van der Waals surface area contributed by atoms with Gasteiger partial charge in [0.1, 0.15) is 18.1 Å². The number of benzene rings is 2. The SMILES string of the molecule is CCc1ccccc1OCc1ccc(OC)c(CN)c1. The molecule has 106 valence electrons. The molecule has 2 rings (SSSR count). The van der Waals surface area contributed by atoms with Crippen molar-refractivity contribution in [2.45, 2.75) is 26.5 Å². The molecule has 0 aromatic heterocycles. The van der Waals surface area contributed by atoms with E-state index in [9.17, 15) is 0 Å². The normalized spacial score (nSPS) is 10.3. The van der Waals surface area contributed by atoms with E-state index >= 15 is 0 Å². The zero-order valence-electron chi connectivity index (χ0n) is 12.1. The molecule has 0 unspecified atom stereocenters. The minimum atomic E-state index is 0.461. The van der Waals surface area contributed by atoms with E-state index in [1.807, 2.05) is 36.4 Å². The lowest BCUT2D eigenvalue weighted by Gasteiger charge is -2.12. The average molecular weight is 271 g/mol. The Morgan fingerprint density at radius 1 is 1.00 bits per heavy atom. The Morgan fingerprint density at radius 2 is 1.80 bits per heavy atom. The van der Waals surface area contributed by atoms with Crippen LogP contribution >= 0.6 is 0 Å². The molecule has 0 fully saturated rings. The fourth-order valence-corrected chi connectivity index (χ4v) is 2.18. The molecular formula is C17H21NO2. The number of rotatable bonds is 6. The van der Waals surface area contributed by atoms with E-state index < -0.39 is 0 Å². The van der Waals surface area contributed by atoms with Crippen molar-refractivity contribution < 1.29 is 9.47 Å². The standard InChI is InChI=1S/C17H21NO2/c1-3-14-6-4-5-7-17(14)20-12-13-8-9-16(19-2)15(10-13)11-18/h4-10H,3,11-12,18H2,1-2H3. The molecule has 0 bridgehead atoms. The fourth-order valence-electron chi connectivity index (χ4n) is 2.18. The number of hydrogen-bond acceptors (Lipinski definition) is 3. The van der Waals surface area contributed by atoms with E-state index in [-0.39, 0.29) is 0 Å². The Labute approximate surface area is 120 Å². The van der Waals surface area contributed by atoms with Crippen molar-refractivity contribution >= 4 is 0 Å². The van der Waals surface area contributed by atoms with Crippen LogP contribution in [0.1, 0.15) is 23.6 Å². The third kappa shape index (κ3) is 3.31. The second-order valence-electron chi connectivity index (χ2n) is 4.60. The summed E-state index contributed by atoms with van der Waals surface area (Å²) in [7, 11) is 1.65. The monoisotopic (exact) mass is 271 g/mol. The van der Waals surface area contributed by atoms with E-state index in [2.05, 4.69) is 13.0 Å². The van der Waals surface area contributed by atoms with Gasteiger partial charge in [-0.1, -0.05) is 31.2 Å². The lowest BCUT2D eigenvalue weighted by Crippen LogP contribution is -2.03. The van der Waals surface area contributed by atoms with Crippen LogP contribution in [0.3, 0.4) is 0 Å². The first-order valence-electron chi connectivity index (χ1n) is 6.85. The number of para-hydroxylation sites is 1. The van der Waals surface area contributed by atoms with Gasteiger partial charge in [0.2, 0.25) is 0 Å². The maximum absolute atomic E-state index is 5.91. The molecule has 2 aromatic rings. The molecule has 0 radical (unpaired) electrons. The molecule has 3 nitrogen and oxygen atoms in total. The summed E-state index contributed by atoms with van der Waals surface area (Å²) < 4.78 is 11.2. The van der Waals surface area contributed by atoms with E-state index in [4.69, 9.17) is 15.2 Å². The van der Waals surface area contributed by atoms with Crippen LogP contribution < -0.4 is 15.2 Å². The summed E-state index contributed by atoms with van der Waals surface area (Å²) in [6, 6.07) is 14.1. The molecule has 0 heterocycles. The average Bonchev–Trinajstić information content (AvgIpc) is 2.52. The number of aryl methyl sites for hydroxylation is 1. The van der Waals surface area contributed by atoms with Gasteiger partial charge < -0.3 is 15.2 Å². The van der Waals surface area contributed by atoms with Crippen molar-refractivity contribution in [1.82, 2.24) is 0 Å². The Kier molecular flexibility index (Phi) is 5.02. The molecule has 0 aliphatic rings. The molecule has 20 heavy (non-hydrogen) atoms. The van der Waals surface area contributed by atoms with Crippen molar-refractivity contribution in [1.29, 1.82) is 0 Å². The van der Waals surface area contributed by atoms with Crippen molar-refractivity contribution in [3.63, 3.8) is 0 Å². The molecule has 2 aromatic carbocycles. The Balaban J connectivity index is 2.11. The highest BCUT2D eigenvalue weighted by Crippen LogP contribution is 2.22. The maximum Gasteiger partial charge on any atom is 0.123 e. The highest BCUT2D eigenvalue weighted by atomic mass is 16.5. The highest BCUT2D eigenvalue weighted by molar-refractivity contribution is 5.38. The summed E-state index contributed by atoms with van der Waals surface area (Å²) in [5.74, 6) is 1.77. The summed E-state index contributed by atoms with van der Waals surface area (Å²) in [4.78, 5) is 0. The minimum absolute atomic E-state index is 0.461. The third-order valence-electron chi connectivity index (χ3n) is 3.31. The zero-order valence-corrected chi connectivity index (χ0v) is 12.1. The molecule has 2 N–H and O–H groups in total. The molecule has 0 spiro atoms. The number of ether oxygens (including phenoxy) is 2. The van der Waals surface area contributed by atoms with Gasteiger partial charge in [0.05, 0.1) is 7.11 Å². The highest BCUT2D eigenvalue weighted by Gasteiger charge is 2.05. The van der Waals surface area contributed by atoms with Crippen LogP contribution in [0.15, 0.2) is 42.5 Å². The van der Waals surface area contributed by atoms with Gasteiger partial charge in [0, 0.05) is 12.1 Å².